The minimum atomic E-state index is -3.96. The molecule has 10 heteroatoms. The lowest BCUT2D eigenvalue weighted by Crippen LogP contribution is -2.53. The molecule has 1 aromatic heterocycles. The first-order valence-corrected chi connectivity index (χ1v) is 15.4. The number of nitrogens with zero attached hydrogens (tertiary/aromatic N) is 2. The van der Waals surface area contributed by atoms with Gasteiger partial charge in [0, 0.05) is 24.5 Å². The number of ether oxygens (including phenoxy) is 4. The van der Waals surface area contributed by atoms with Crippen LogP contribution in [0.25, 0.3) is 0 Å². The topological polar surface area (TPSA) is 87.2 Å². The van der Waals surface area contributed by atoms with Crippen molar-refractivity contribution in [3.63, 3.8) is 0 Å². The highest BCUT2D eigenvalue weighted by Crippen LogP contribution is 2.43. The molecule has 2 heterocycles. The Morgan fingerprint density at radius 2 is 1.56 bits per heavy atom. The summed E-state index contributed by atoms with van der Waals surface area (Å²) in [4.78, 5) is 32.2. The van der Waals surface area contributed by atoms with E-state index in [-0.39, 0.29) is 30.2 Å². The normalized spacial score (nSPS) is 15.7. The van der Waals surface area contributed by atoms with Crippen LogP contribution < -0.4 is 14.2 Å². The number of aryl methyl sites for hydroxylation is 2. The third kappa shape index (κ3) is 8.71. The monoisotopic (exact) mass is 624 g/mol. The molecule has 2 atom stereocenters. The van der Waals surface area contributed by atoms with E-state index in [2.05, 4.69) is 17.1 Å². The second-order valence-electron chi connectivity index (χ2n) is 11.2. The number of benzene rings is 2. The van der Waals surface area contributed by atoms with Gasteiger partial charge >= 0.3 is 11.9 Å². The summed E-state index contributed by atoms with van der Waals surface area (Å²) in [6.07, 6.45) is 8.90. The van der Waals surface area contributed by atoms with E-state index in [4.69, 9.17) is 18.9 Å². The Hall–Kier alpha value is -4.21. The van der Waals surface area contributed by atoms with Crippen LogP contribution in [0.5, 0.6) is 17.2 Å². The fraction of sp³-hybridized carbons (Fsp3) is 0.457. The van der Waals surface area contributed by atoms with Gasteiger partial charge in [-0.15, -0.1) is 0 Å². The first-order valence-electron chi connectivity index (χ1n) is 15.4. The fourth-order valence-corrected chi connectivity index (χ4v) is 5.75. The molecule has 0 radical (unpaired) electrons. The molecule has 242 valence electrons. The quantitative estimate of drug-likeness (QED) is 0.178. The Kier molecular flexibility index (Phi) is 12.1. The van der Waals surface area contributed by atoms with Gasteiger partial charge in [-0.1, -0.05) is 36.4 Å². The number of likely N-dealkylation sites (tertiary alicyclic amines) is 1. The molecule has 1 aliphatic rings. The zero-order valence-corrected chi connectivity index (χ0v) is 26.2. The predicted octanol–water partition coefficient (Wildman–Crippen LogP) is 6.54. The summed E-state index contributed by atoms with van der Waals surface area (Å²) in [6, 6.07) is 15.0. The van der Waals surface area contributed by atoms with Crippen LogP contribution in [0.1, 0.15) is 61.6 Å². The number of pyridine rings is 1. The number of alkyl halides is 2. The number of hydrogen-bond donors (Lipinski definition) is 0. The van der Waals surface area contributed by atoms with Crippen LogP contribution in [0.2, 0.25) is 0 Å². The largest absolute Gasteiger partial charge is 0.493 e. The van der Waals surface area contributed by atoms with Crippen molar-refractivity contribution >= 4 is 11.9 Å². The molecule has 8 nitrogen and oxygen atoms in total. The van der Waals surface area contributed by atoms with Gasteiger partial charge < -0.3 is 23.8 Å². The minimum absolute atomic E-state index is 0.00134. The lowest BCUT2D eigenvalue weighted by atomic mass is 9.98. The van der Waals surface area contributed by atoms with Crippen molar-refractivity contribution in [2.24, 2.45) is 0 Å². The number of piperidine rings is 1. The lowest BCUT2D eigenvalue weighted by molar-refractivity contribution is -0.173. The van der Waals surface area contributed by atoms with E-state index in [1.165, 1.54) is 26.9 Å². The summed E-state index contributed by atoms with van der Waals surface area (Å²) in [5, 5.41) is 0. The van der Waals surface area contributed by atoms with E-state index in [9.17, 15) is 9.59 Å². The van der Waals surface area contributed by atoms with E-state index in [0.717, 1.165) is 48.3 Å². The van der Waals surface area contributed by atoms with Gasteiger partial charge in [-0.25, -0.2) is 4.79 Å². The Bertz CT molecular complexity index is 1320. The zero-order chi connectivity index (χ0) is 32.2. The number of carbonyl (C=O) groups is 2. The Morgan fingerprint density at radius 1 is 0.911 bits per heavy atom. The molecule has 1 amide bonds. The van der Waals surface area contributed by atoms with Crippen molar-refractivity contribution < 1.29 is 37.3 Å². The summed E-state index contributed by atoms with van der Waals surface area (Å²) in [7, 11) is 3.98. The van der Waals surface area contributed by atoms with Crippen LogP contribution >= 0.6 is 0 Å². The summed E-state index contributed by atoms with van der Waals surface area (Å²) < 4.78 is 53.4. The number of amides is 1. The Labute approximate surface area is 263 Å². The number of halogens is 2. The highest BCUT2D eigenvalue weighted by Gasteiger charge is 2.49. The summed E-state index contributed by atoms with van der Waals surface area (Å²) in [6.45, 7) is 0.0261. The molecule has 1 saturated heterocycles. The standard InChI is InChI=1S/C35H42F2N2O6/c1-42-30-22-27(23-31(43-2)32(30)44-3)35(36,37)34(41)39-21-8-7-19-29(39)33(40)45-28(17-9-14-25-12-5-4-6-13-25)18-10-15-26-16-11-20-38-24-26/h4-6,11-13,16,20,22-24,28-29H,7-10,14-15,17-19,21H2,1-3H3/t28-,29-/m0/s1. The van der Waals surface area contributed by atoms with Gasteiger partial charge in [0.25, 0.3) is 5.91 Å². The predicted molar refractivity (Wildman–Crippen MR) is 166 cm³/mol. The van der Waals surface area contributed by atoms with Crippen LogP contribution in [0.3, 0.4) is 0 Å². The van der Waals surface area contributed by atoms with Crippen LogP contribution in [0, 0.1) is 0 Å². The minimum Gasteiger partial charge on any atom is -0.493 e. The summed E-state index contributed by atoms with van der Waals surface area (Å²) >= 11 is 0. The molecule has 2 aromatic carbocycles. The molecule has 0 saturated carbocycles. The zero-order valence-electron chi connectivity index (χ0n) is 26.2. The smallest absolute Gasteiger partial charge is 0.350 e. The van der Waals surface area contributed by atoms with Gasteiger partial charge in [0.1, 0.15) is 12.1 Å². The Morgan fingerprint density at radius 3 is 2.16 bits per heavy atom. The van der Waals surface area contributed by atoms with Crippen LogP contribution in [0.15, 0.2) is 67.0 Å². The molecule has 0 aliphatic carbocycles. The summed E-state index contributed by atoms with van der Waals surface area (Å²) in [5.41, 5.74) is 1.66. The van der Waals surface area contributed by atoms with E-state index in [0.29, 0.717) is 25.7 Å². The van der Waals surface area contributed by atoms with Gasteiger partial charge in [0.05, 0.1) is 21.3 Å². The second kappa shape index (κ2) is 16.2. The molecule has 4 rings (SSSR count). The number of methoxy groups -OCH3 is 3. The van der Waals surface area contributed by atoms with E-state index in [1.54, 1.807) is 6.20 Å². The van der Waals surface area contributed by atoms with E-state index < -0.39 is 35.5 Å². The SMILES string of the molecule is COc1cc(C(F)(F)C(=O)N2CCCC[C@H]2C(=O)O[C@@H](CCCc2ccccc2)CCCc2cccnc2)cc(OC)c1OC. The molecule has 45 heavy (non-hydrogen) atoms. The maximum Gasteiger partial charge on any atom is 0.350 e. The first kappa shape index (κ1) is 33.7. The molecule has 1 fully saturated rings. The molecule has 0 spiro atoms. The molecular weight excluding hydrogens is 582 g/mol. The third-order valence-corrected chi connectivity index (χ3v) is 8.16. The van der Waals surface area contributed by atoms with Crippen molar-refractivity contribution in [2.45, 2.75) is 75.9 Å². The highest BCUT2D eigenvalue weighted by molar-refractivity contribution is 5.90. The molecule has 0 bridgehead atoms. The number of esters is 1. The molecule has 0 N–H and O–H groups in total. The maximum atomic E-state index is 15.9. The van der Waals surface area contributed by atoms with E-state index >= 15 is 8.78 Å². The molecular formula is C35H42F2N2O6. The average Bonchev–Trinajstić information content (AvgIpc) is 3.07. The van der Waals surface area contributed by atoms with Crippen LogP contribution in [-0.2, 0) is 33.1 Å². The van der Waals surface area contributed by atoms with E-state index in [1.807, 2.05) is 36.5 Å². The van der Waals surface area contributed by atoms with Gasteiger partial charge in [-0.05, 0) is 87.1 Å². The highest BCUT2D eigenvalue weighted by atomic mass is 19.3. The fourth-order valence-electron chi connectivity index (χ4n) is 5.75. The number of hydrogen-bond acceptors (Lipinski definition) is 7. The van der Waals surface area contributed by atoms with Crippen molar-refractivity contribution in [3.05, 3.63) is 83.7 Å². The van der Waals surface area contributed by atoms with Gasteiger partial charge in [-0.3, -0.25) is 9.78 Å². The van der Waals surface area contributed by atoms with Crippen molar-refractivity contribution in [3.8, 4) is 17.2 Å². The third-order valence-electron chi connectivity index (χ3n) is 8.16. The van der Waals surface area contributed by atoms with Crippen LogP contribution in [-0.4, -0.2) is 61.8 Å². The van der Waals surface area contributed by atoms with Crippen molar-refractivity contribution in [2.75, 3.05) is 27.9 Å². The maximum absolute atomic E-state index is 15.9. The average molecular weight is 625 g/mol. The van der Waals surface area contributed by atoms with Crippen LogP contribution in [0.4, 0.5) is 8.78 Å². The number of rotatable bonds is 15. The van der Waals surface area contributed by atoms with Gasteiger partial charge in [0.2, 0.25) is 5.75 Å². The second-order valence-corrected chi connectivity index (χ2v) is 11.2. The number of aromatic nitrogens is 1. The molecule has 3 aromatic rings. The van der Waals surface area contributed by atoms with Crippen molar-refractivity contribution in [1.82, 2.24) is 9.88 Å². The molecule has 1 aliphatic heterocycles. The van der Waals surface area contributed by atoms with Gasteiger partial charge in [0.15, 0.2) is 11.5 Å². The summed E-state index contributed by atoms with van der Waals surface area (Å²) in [5.74, 6) is -5.93. The van der Waals surface area contributed by atoms with Gasteiger partial charge in [-0.2, -0.15) is 8.78 Å². The van der Waals surface area contributed by atoms with Crippen molar-refractivity contribution in [1.29, 1.82) is 0 Å². The lowest BCUT2D eigenvalue weighted by Gasteiger charge is -2.37. The first-order chi connectivity index (χ1) is 21.8. The Balaban J connectivity index is 1.48. The number of carbonyl (C=O) groups excluding carboxylic acids is 2. The molecule has 0 unspecified atom stereocenters.